The van der Waals surface area contributed by atoms with E-state index in [9.17, 15) is 0 Å². The topological polar surface area (TPSA) is 27.7 Å². The van der Waals surface area contributed by atoms with Crippen LogP contribution in [0, 0.1) is 19.9 Å². The van der Waals surface area contributed by atoms with Crippen LogP contribution in [0.2, 0.25) is 0 Å². The van der Waals surface area contributed by atoms with Crippen LogP contribution in [0.3, 0.4) is 0 Å². The van der Waals surface area contributed by atoms with Gasteiger partial charge in [0.25, 0.3) is 0 Å². The number of methoxy groups -OCH3 is 1. The second-order valence-corrected chi connectivity index (χ2v) is 3.19. The molecule has 0 N–H and O–H groups in total. The van der Waals surface area contributed by atoms with E-state index in [2.05, 4.69) is 6.07 Å². The fourth-order valence-electron chi connectivity index (χ4n) is 1.18. The smallest absolute Gasteiger partial charge is 0.315 e. The first-order valence-electron chi connectivity index (χ1n) is 4.98. The molecule has 0 aromatic heterocycles. The van der Waals surface area contributed by atoms with Crippen molar-refractivity contribution in [2.24, 2.45) is 0 Å². The first-order valence-corrected chi connectivity index (χ1v) is 4.98. The zero-order valence-corrected chi connectivity index (χ0v) is 9.66. The summed E-state index contributed by atoms with van der Waals surface area (Å²) in [4.78, 5) is 0. The summed E-state index contributed by atoms with van der Waals surface area (Å²) in [5.41, 5.74) is 2.12. The molecule has 1 rings (SSSR count). The molecule has 3 heteroatoms. The quantitative estimate of drug-likeness (QED) is 0.697. The first-order chi connectivity index (χ1) is 7.19. The van der Waals surface area contributed by atoms with E-state index in [1.807, 2.05) is 32.9 Å². The van der Waals surface area contributed by atoms with E-state index in [1.165, 1.54) is 0 Å². The molecule has 1 atom stereocenters. The lowest BCUT2D eigenvalue weighted by molar-refractivity contribution is -0.231. The third kappa shape index (κ3) is 3.22. The largest absolute Gasteiger partial charge is 0.441 e. The van der Waals surface area contributed by atoms with Crippen LogP contribution in [-0.2, 0) is 9.47 Å². The SMILES string of the molecule is CCOC(OC)Oc1cc[c]c(C)c1C. The lowest BCUT2D eigenvalue weighted by Gasteiger charge is -2.18. The Morgan fingerprint density at radius 3 is 2.73 bits per heavy atom. The van der Waals surface area contributed by atoms with E-state index in [4.69, 9.17) is 14.2 Å². The highest BCUT2D eigenvalue weighted by Gasteiger charge is 2.10. The van der Waals surface area contributed by atoms with E-state index in [1.54, 1.807) is 7.11 Å². The van der Waals surface area contributed by atoms with Crippen LogP contribution in [0.1, 0.15) is 18.1 Å². The number of benzene rings is 1. The highest BCUT2D eigenvalue weighted by Crippen LogP contribution is 2.21. The molecule has 15 heavy (non-hydrogen) atoms. The summed E-state index contributed by atoms with van der Waals surface area (Å²) in [5, 5.41) is 0. The van der Waals surface area contributed by atoms with Gasteiger partial charge in [-0.25, -0.2) is 0 Å². The molecule has 0 amide bonds. The van der Waals surface area contributed by atoms with Gasteiger partial charge in [-0.1, -0.05) is 6.07 Å². The van der Waals surface area contributed by atoms with Gasteiger partial charge in [-0.05, 0) is 44.0 Å². The Kier molecular flexibility index (Phi) is 4.59. The Morgan fingerprint density at radius 2 is 2.13 bits per heavy atom. The van der Waals surface area contributed by atoms with E-state index in [0.29, 0.717) is 6.61 Å². The van der Waals surface area contributed by atoms with Gasteiger partial charge in [0.05, 0.1) is 6.61 Å². The Labute approximate surface area is 91.0 Å². The molecule has 1 unspecified atom stereocenters. The average molecular weight is 209 g/mol. The van der Waals surface area contributed by atoms with Crippen LogP contribution in [0.5, 0.6) is 5.75 Å². The molecule has 0 heterocycles. The Hall–Kier alpha value is -1.06. The maximum absolute atomic E-state index is 5.55. The molecule has 0 bridgehead atoms. The lowest BCUT2D eigenvalue weighted by Crippen LogP contribution is -2.23. The van der Waals surface area contributed by atoms with Crippen molar-refractivity contribution in [3.63, 3.8) is 0 Å². The predicted molar refractivity (Wildman–Crippen MR) is 57.8 cm³/mol. The number of rotatable bonds is 5. The molecule has 1 radical (unpaired) electrons. The maximum atomic E-state index is 5.55. The molecule has 1 aromatic rings. The zero-order valence-electron chi connectivity index (χ0n) is 9.66. The average Bonchev–Trinajstić information content (AvgIpc) is 2.24. The van der Waals surface area contributed by atoms with E-state index >= 15 is 0 Å². The molecule has 0 aliphatic rings. The Morgan fingerprint density at radius 1 is 1.40 bits per heavy atom. The minimum absolute atomic E-state index is 0.551. The number of hydrogen-bond acceptors (Lipinski definition) is 3. The second-order valence-electron chi connectivity index (χ2n) is 3.19. The summed E-state index contributed by atoms with van der Waals surface area (Å²) in [6.07, 6.45) is 0. The zero-order chi connectivity index (χ0) is 11.3. The summed E-state index contributed by atoms with van der Waals surface area (Å²) >= 11 is 0. The maximum Gasteiger partial charge on any atom is 0.315 e. The molecule has 0 aliphatic heterocycles. The van der Waals surface area contributed by atoms with Crippen molar-refractivity contribution in [2.75, 3.05) is 13.7 Å². The molecule has 83 valence electrons. The molecular formula is C12H17O3. The third-order valence-electron chi connectivity index (χ3n) is 2.19. The molecule has 0 spiro atoms. The van der Waals surface area contributed by atoms with Gasteiger partial charge < -0.3 is 14.2 Å². The number of aryl methyl sites for hydroxylation is 1. The van der Waals surface area contributed by atoms with Gasteiger partial charge in [-0.2, -0.15) is 0 Å². The van der Waals surface area contributed by atoms with E-state index < -0.39 is 6.48 Å². The van der Waals surface area contributed by atoms with Crippen LogP contribution in [0.4, 0.5) is 0 Å². The van der Waals surface area contributed by atoms with E-state index in [0.717, 1.165) is 16.9 Å². The summed E-state index contributed by atoms with van der Waals surface area (Å²) in [6.45, 7) is 5.78. The van der Waals surface area contributed by atoms with Gasteiger partial charge in [0, 0.05) is 7.11 Å². The minimum atomic E-state index is -0.643. The van der Waals surface area contributed by atoms with Crippen molar-refractivity contribution in [3.05, 3.63) is 29.3 Å². The summed E-state index contributed by atoms with van der Waals surface area (Å²) in [7, 11) is 1.55. The Bertz CT molecular complexity index is 310. The minimum Gasteiger partial charge on any atom is -0.441 e. The summed E-state index contributed by atoms with van der Waals surface area (Å²) in [5.74, 6) is 0.770. The van der Waals surface area contributed by atoms with Gasteiger partial charge in [-0.15, -0.1) is 0 Å². The molecule has 1 aromatic carbocycles. The third-order valence-corrected chi connectivity index (χ3v) is 2.19. The molecule has 0 fully saturated rings. The first kappa shape index (κ1) is 12.0. The van der Waals surface area contributed by atoms with Crippen LogP contribution >= 0.6 is 0 Å². The Balaban J connectivity index is 2.74. The van der Waals surface area contributed by atoms with Crippen LogP contribution in [0.15, 0.2) is 12.1 Å². The van der Waals surface area contributed by atoms with Crippen molar-refractivity contribution < 1.29 is 14.2 Å². The predicted octanol–water partition coefficient (Wildman–Crippen LogP) is 2.45. The van der Waals surface area contributed by atoms with Crippen molar-refractivity contribution in [2.45, 2.75) is 27.2 Å². The van der Waals surface area contributed by atoms with Gasteiger partial charge in [0.2, 0.25) is 0 Å². The van der Waals surface area contributed by atoms with Crippen molar-refractivity contribution in [1.29, 1.82) is 0 Å². The fourth-order valence-corrected chi connectivity index (χ4v) is 1.18. The molecule has 0 aliphatic carbocycles. The monoisotopic (exact) mass is 209 g/mol. The van der Waals surface area contributed by atoms with Crippen molar-refractivity contribution in [1.82, 2.24) is 0 Å². The van der Waals surface area contributed by atoms with Crippen molar-refractivity contribution >= 4 is 0 Å². The highest BCUT2D eigenvalue weighted by molar-refractivity contribution is 5.37. The number of ether oxygens (including phenoxy) is 3. The van der Waals surface area contributed by atoms with Crippen LogP contribution < -0.4 is 4.74 Å². The summed E-state index contributed by atoms with van der Waals surface area (Å²) in [6, 6.07) is 6.79. The van der Waals surface area contributed by atoms with Gasteiger partial charge in [0.1, 0.15) is 5.75 Å². The van der Waals surface area contributed by atoms with Gasteiger partial charge in [-0.3, -0.25) is 0 Å². The normalized spacial score (nSPS) is 12.5. The van der Waals surface area contributed by atoms with Gasteiger partial charge in [0.15, 0.2) is 0 Å². The molecule has 3 nitrogen and oxygen atoms in total. The molecule has 0 saturated heterocycles. The fraction of sp³-hybridized carbons (Fsp3) is 0.500. The molecular weight excluding hydrogens is 192 g/mol. The van der Waals surface area contributed by atoms with Crippen LogP contribution in [-0.4, -0.2) is 20.2 Å². The highest BCUT2D eigenvalue weighted by atomic mass is 16.8. The number of hydrogen-bond donors (Lipinski definition) is 0. The van der Waals surface area contributed by atoms with Crippen molar-refractivity contribution in [3.8, 4) is 5.75 Å². The summed E-state index contributed by atoms with van der Waals surface area (Å²) < 4.78 is 15.8. The second kappa shape index (κ2) is 5.73. The standard InChI is InChI=1S/C12H17O3/c1-5-14-12(13-4)15-11-8-6-7-9(2)10(11)3/h6,8,12H,5H2,1-4H3. The lowest BCUT2D eigenvalue weighted by atomic mass is 10.1. The van der Waals surface area contributed by atoms with Gasteiger partial charge >= 0.3 is 6.48 Å². The molecule has 0 saturated carbocycles. The van der Waals surface area contributed by atoms with Crippen LogP contribution in [0.25, 0.3) is 0 Å². The van der Waals surface area contributed by atoms with E-state index in [-0.39, 0.29) is 0 Å².